The summed E-state index contributed by atoms with van der Waals surface area (Å²) in [5.41, 5.74) is 3.10. The summed E-state index contributed by atoms with van der Waals surface area (Å²) in [5, 5.41) is 6.76. The van der Waals surface area contributed by atoms with Gasteiger partial charge >= 0.3 is 0 Å². The molecule has 1 aliphatic heterocycles. The average molecular weight is 372 g/mol. The molecule has 1 heterocycles. The van der Waals surface area contributed by atoms with Gasteiger partial charge in [0.2, 0.25) is 0 Å². The maximum absolute atomic E-state index is 13.3. The zero-order chi connectivity index (χ0) is 18.5. The van der Waals surface area contributed by atoms with Crippen molar-refractivity contribution in [3.05, 3.63) is 59.9 Å². The molecule has 0 saturated carbocycles. The van der Waals surface area contributed by atoms with Gasteiger partial charge in [0, 0.05) is 24.5 Å². The van der Waals surface area contributed by atoms with Gasteiger partial charge in [-0.15, -0.1) is 0 Å². The van der Waals surface area contributed by atoms with Crippen molar-refractivity contribution in [2.24, 2.45) is 5.92 Å². The highest BCUT2D eigenvalue weighted by Crippen LogP contribution is 2.24. The Hall–Kier alpha value is -2.14. The molecule has 0 amide bonds. The Bertz CT molecular complexity index is 747. The predicted molar refractivity (Wildman–Crippen MR) is 111 cm³/mol. The van der Waals surface area contributed by atoms with Crippen molar-refractivity contribution in [1.29, 1.82) is 0 Å². The van der Waals surface area contributed by atoms with E-state index in [1.807, 2.05) is 0 Å². The smallest absolute Gasteiger partial charge is 0.171 e. The number of halogens is 1. The maximum Gasteiger partial charge on any atom is 0.171 e. The van der Waals surface area contributed by atoms with E-state index in [0.29, 0.717) is 10.8 Å². The first-order valence-corrected chi connectivity index (χ1v) is 9.60. The molecule has 5 heteroatoms. The van der Waals surface area contributed by atoms with Gasteiger partial charge in [-0.05, 0) is 73.8 Å². The van der Waals surface area contributed by atoms with Gasteiger partial charge in [-0.1, -0.05) is 25.1 Å². The van der Waals surface area contributed by atoms with E-state index in [9.17, 15) is 4.39 Å². The molecule has 0 spiro atoms. The van der Waals surface area contributed by atoms with Crippen molar-refractivity contribution in [3.63, 3.8) is 0 Å². The van der Waals surface area contributed by atoms with Crippen molar-refractivity contribution in [1.82, 2.24) is 5.32 Å². The highest BCUT2D eigenvalue weighted by atomic mass is 32.1. The lowest BCUT2D eigenvalue weighted by atomic mass is 9.99. The van der Waals surface area contributed by atoms with Crippen LogP contribution in [0.4, 0.5) is 15.8 Å². The number of anilines is 2. The van der Waals surface area contributed by atoms with Gasteiger partial charge in [-0.2, -0.15) is 0 Å². The van der Waals surface area contributed by atoms with Gasteiger partial charge in [0.1, 0.15) is 5.82 Å². The summed E-state index contributed by atoms with van der Waals surface area (Å²) in [7, 11) is 0. The number of nitrogens with zero attached hydrogens (tertiary/aromatic N) is 1. The van der Waals surface area contributed by atoms with Gasteiger partial charge < -0.3 is 15.5 Å². The van der Waals surface area contributed by atoms with Gasteiger partial charge in [-0.25, -0.2) is 4.39 Å². The Balaban J connectivity index is 1.57. The topological polar surface area (TPSA) is 27.3 Å². The zero-order valence-electron chi connectivity index (χ0n) is 15.3. The molecule has 0 aromatic heterocycles. The van der Waals surface area contributed by atoms with Crippen LogP contribution in [0.3, 0.4) is 0 Å². The summed E-state index contributed by atoms with van der Waals surface area (Å²) in [4.78, 5) is 2.46. The van der Waals surface area contributed by atoms with E-state index >= 15 is 0 Å². The highest BCUT2D eigenvalue weighted by molar-refractivity contribution is 7.80. The normalized spacial score (nSPS) is 18.3. The fraction of sp³-hybridized carbons (Fsp3) is 0.381. The van der Waals surface area contributed by atoms with E-state index in [-0.39, 0.29) is 11.9 Å². The number of thiocarbonyl (C=S) groups is 1. The third kappa shape index (κ3) is 4.94. The van der Waals surface area contributed by atoms with Crippen LogP contribution in [-0.4, -0.2) is 18.2 Å². The summed E-state index contributed by atoms with van der Waals surface area (Å²) in [5.74, 6) is 0.476. The fourth-order valence-electron chi connectivity index (χ4n) is 3.41. The van der Waals surface area contributed by atoms with Gasteiger partial charge in [-0.3, -0.25) is 0 Å². The van der Waals surface area contributed by atoms with Crippen LogP contribution >= 0.6 is 12.2 Å². The predicted octanol–water partition coefficient (Wildman–Crippen LogP) is 5.11. The lowest BCUT2D eigenvalue weighted by Crippen LogP contribution is -2.34. The van der Waals surface area contributed by atoms with E-state index in [2.05, 4.69) is 53.6 Å². The summed E-state index contributed by atoms with van der Waals surface area (Å²) in [6.07, 6.45) is 2.59. The second-order valence-corrected chi connectivity index (χ2v) is 7.52. The minimum Gasteiger partial charge on any atom is -0.371 e. The van der Waals surface area contributed by atoms with E-state index in [1.165, 1.54) is 36.2 Å². The first kappa shape index (κ1) is 18.6. The number of hydrogen-bond acceptors (Lipinski definition) is 2. The molecule has 0 bridgehead atoms. The minimum atomic E-state index is -0.284. The van der Waals surface area contributed by atoms with Gasteiger partial charge in [0.05, 0.1) is 6.04 Å². The van der Waals surface area contributed by atoms with E-state index < -0.39 is 0 Å². The first-order valence-electron chi connectivity index (χ1n) is 9.19. The molecule has 1 saturated heterocycles. The van der Waals surface area contributed by atoms with Crippen LogP contribution < -0.4 is 15.5 Å². The molecule has 3 nitrogen and oxygen atoms in total. The SMILES string of the molecule is C[C@H]1CCCN(c2ccc([C@@H](C)NC(=S)Nc3cccc(F)c3)cc2)C1. The monoisotopic (exact) mass is 371 g/mol. The van der Waals surface area contributed by atoms with Crippen LogP contribution in [0, 0.1) is 11.7 Å². The molecule has 1 fully saturated rings. The third-order valence-corrected chi connectivity index (χ3v) is 5.07. The van der Waals surface area contributed by atoms with Crippen molar-refractivity contribution >= 4 is 28.7 Å². The van der Waals surface area contributed by atoms with Crippen molar-refractivity contribution in [2.75, 3.05) is 23.3 Å². The maximum atomic E-state index is 13.3. The molecule has 138 valence electrons. The summed E-state index contributed by atoms with van der Waals surface area (Å²) in [6.45, 7) is 6.66. The van der Waals surface area contributed by atoms with Crippen LogP contribution in [0.1, 0.15) is 38.3 Å². The zero-order valence-corrected chi connectivity index (χ0v) is 16.2. The molecule has 2 aromatic rings. The van der Waals surface area contributed by atoms with Crippen LogP contribution in [0.15, 0.2) is 48.5 Å². The van der Waals surface area contributed by atoms with Crippen LogP contribution in [0.25, 0.3) is 0 Å². The molecule has 26 heavy (non-hydrogen) atoms. The Morgan fingerprint density at radius 3 is 2.69 bits per heavy atom. The van der Waals surface area contributed by atoms with Crippen LogP contribution in [0.5, 0.6) is 0 Å². The van der Waals surface area contributed by atoms with Crippen molar-refractivity contribution < 1.29 is 4.39 Å². The second kappa shape index (κ2) is 8.49. The van der Waals surface area contributed by atoms with Crippen molar-refractivity contribution in [3.8, 4) is 0 Å². The van der Waals surface area contributed by atoms with E-state index in [1.54, 1.807) is 12.1 Å². The Labute approximate surface area is 160 Å². The second-order valence-electron chi connectivity index (χ2n) is 7.12. The fourth-order valence-corrected chi connectivity index (χ4v) is 3.71. The molecule has 0 radical (unpaired) electrons. The summed E-state index contributed by atoms with van der Waals surface area (Å²) < 4.78 is 13.3. The third-order valence-electron chi connectivity index (χ3n) is 4.85. The Morgan fingerprint density at radius 1 is 1.23 bits per heavy atom. The first-order chi connectivity index (χ1) is 12.5. The van der Waals surface area contributed by atoms with E-state index in [0.717, 1.165) is 19.0 Å². The molecule has 1 aliphatic rings. The molecule has 3 rings (SSSR count). The molecular weight excluding hydrogens is 345 g/mol. The molecule has 2 N–H and O–H groups in total. The molecule has 0 unspecified atom stereocenters. The lowest BCUT2D eigenvalue weighted by molar-refractivity contribution is 0.447. The number of hydrogen-bond donors (Lipinski definition) is 2. The molecular formula is C21H26FN3S. The highest BCUT2D eigenvalue weighted by Gasteiger charge is 2.17. The minimum absolute atomic E-state index is 0.0675. The van der Waals surface area contributed by atoms with Crippen LogP contribution in [0.2, 0.25) is 0 Å². The molecule has 0 aliphatic carbocycles. The molecule has 2 atom stereocenters. The number of rotatable bonds is 4. The largest absolute Gasteiger partial charge is 0.371 e. The number of benzene rings is 2. The number of nitrogens with one attached hydrogen (secondary N) is 2. The summed E-state index contributed by atoms with van der Waals surface area (Å²) in [6, 6.07) is 15.0. The average Bonchev–Trinajstić information content (AvgIpc) is 2.61. The number of piperidine rings is 1. The lowest BCUT2D eigenvalue weighted by Gasteiger charge is -2.33. The molecule has 2 aromatic carbocycles. The quantitative estimate of drug-likeness (QED) is 0.731. The standard InChI is InChI=1S/C21H26FN3S/c1-15-5-4-12-25(14-15)20-10-8-17(9-11-20)16(2)23-21(26)24-19-7-3-6-18(22)13-19/h3,6-11,13,15-16H,4-5,12,14H2,1-2H3,(H2,23,24,26)/t15-,16+/m0/s1. The van der Waals surface area contributed by atoms with E-state index in [4.69, 9.17) is 12.2 Å². The Kier molecular flexibility index (Phi) is 6.09. The van der Waals surface area contributed by atoms with Gasteiger partial charge in [0.15, 0.2) is 5.11 Å². The Morgan fingerprint density at radius 2 is 2.00 bits per heavy atom. The van der Waals surface area contributed by atoms with Gasteiger partial charge in [0.25, 0.3) is 0 Å². The van der Waals surface area contributed by atoms with Crippen LogP contribution in [-0.2, 0) is 0 Å². The van der Waals surface area contributed by atoms with Crippen molar-refractivity contribution in [2.45, 2.75) is 32.7 Å². The summed E-state index contributed by atoms with van der Waals surface area (Å²) >= 11 is 5.34.